The second-order valence-electron chi connectivity index (χ2n) is 5.51. The zero-order valence-electron chi connectivity index (χ0n) is 13.4. The zero-order valence-corrected chi connectivity index (χ0v) is 16.5. The number of rotatable bonds is 4. The molecule has 0 unspecified atom stereocenters. The molecule has 3 N–H and O–H groups in total. The van der Waals surface area contributed by atoms with Crippen LogP contribution in [0.3, 0.4) is 0 Å². The van der Waals surface area contributed by atoms with Gasteiger partial charge in [0, 0.05) is 32.2 Å². The molecule has 4 nitrogen and oxygen atoms in total. The van der Waals surface area contributed by atoms with Crippen molar-refractivity contribution in [2.75, 3.05) is 11.1 Å². The standard InChI is InChI=1S/C18H15BrCl2N4/c1-10-16(9-13-14(20)3-2-4-15(13)21)24-18(25-17(10)22)23-12-7-5-11(19)6-8-12/h2-8H,9H2,1H3,(H3,22,23,24,25). The van der Waals surface area contributed by atoms with E-state index in [1.807, 2.05) is 49.4 Å². The van der Waals surface area contributed by atoms with E-state index in [1.165, 1.54) is 0 Å². The average molecular weight is 438 g/mol. The minimum absolute atomic E-state index is 0.424. The van der Waals surface area contributed by atoms with E-state index in [0.717, 1.165) is 27.0 Å². The summed E-state index contributed by atoms with van der Waals surface area (Å²) in [6.07, 6.45) is 0.478. The Kier molecular flexibility index (Phi) is 5.47. The third-order valence-corrected chi connectivity index (χ3v) is 5.03. The first kappa shape index (κ1) is 18.0. The third kappa shape index (κ3) is 4.24. The Bertz CT molecular complexity index is 893. The van der Waals surface area contributed by atoms with Gasteiger partial charge >= 0.3 is 0 Å². The molecular weight excluding hydrogens is 423 g/mol. The number of halogens is 3. The molecule has 0 saturated heterocycles. The molecule has 0 aliphatic rings. The molecule has 3 rings (SSSR count). The lowest BCUT2D eigenvalue weighted by atomic mass is 10.1. The fraction of sp³-hybridized carbons (Fsp3) is 0.111. The van der Waals surface area contributed by atoms with Gasteiger partial charge in [0.25, 0.3) is 0 Å². The van der Waals surface area contributed by atoms with Crippen molar-refractivity contribution in [1.82, 2.24) is 9.97 Å². The topological polar surface area (TPSA) is 63.8 Å². The molecule has 0 aliphatic carbocycles. The van der Waals surface area contributed by atoms with Crippen LogP contribution in [0.2, 0.25) is 10.0 Å². The van der Waals surface area contributed by atoms with Crippen molar-refractivity contribution >= 4 is 56.6 Å². The number of hydrogen-bond donors (Lipinski definition) is 2. The highest BCUT2D eigenvalue weighted by atomic mass is 79.9. The summed E-state index contributed by atoms with van der Waals surface area (Å²) in [4.78, 5) is 8.91. The summed E-state index contributed by atoms with van der Waals surface area (Å²) in [5.74, 6) is 0.858. The molecule has 2 aromatic carbocycles. The Morgan fingerprint density at radius 2 is 1.68 bits per heavy atom. The lowest BCUT2D eigenvalue weighted by molar-refractivity contribution is 1.01. The van der Waals surface area contributed by atoms with Crippen LogP contribution < -0.4 is 11.1 Å². The maximum absolute atomic E-state index is 6.28. The highest BCUT2D eigenvalue weighted by Gasteiger charge is 2.13. The molecule has 0 atom stereocenters. The SMILES string of the molecule is Cc1c(N)nc(Nc2ccc(Br)cc2)nc1Cc1c(Cl)cccc1Cl. The largest absolute Gasteiger partial charge is 0.383 e. The van der Waals surface area contributed by atoms with Crippen LogP contribution in [-0.4, -0.2) is 9.97 Å². The smallest absolute Gasteiger partial charge is 0.229 e. The molecule has 1 aromatic heterocycles. The molecule has 128 valence electrons. The maximum atomic E-state index is 6.28. The first-order valence-corrected chi connectivity index (χ1v) is 9.07. The Hall–Kier alpha value is -1.82. The molecule has 0 bridgehead atoms. The van der Waals surface area contributed by atoms with E-state index in [1.54, 1.807) is 0 Å². The van der Waals surface area contributed by atoms with Gasteiger partial charge < -0.3 is 11.1 Å². The van der Waals surface area contributed by atoms with Gasteiger partial charge in [0.15, 0.2) is 0 Å². The number of nitrogens with zero attached hydrogens (tertiary/aromatic N) is 2. The van der Waals surface area contributed by atoms with E-state index in [4.69, 9.17) is 28.9 Å². The highest BCUT2D eigenvalue weighted by Crippen LogP contribution is 2.29. The molecule has 1 heterocycles. The van der Waals surface area contributed by atoms with Crippen molar-refractivity contribution in [2.45, 2.75) is 13.3 Å². The first-order valence-electron chi connectivity index (χ1n) is 7.52. The summed E-state index contributed by atoms with van der Waals surface area (Å²) in [6, 6.07) is 13.2. The minimum Gasteiger partial charge on any atom is -0.383 e. The van der Waals surface area contributed by atoms with Crippen molar-refractivity contribution in [2.24, 2.45) is 0 Å². The second kappa shape index (κ2) is 7.60. The van der Waals surface area contributed by atoms with Gasteiger partial charge in [-0.25, -0.2) is 4.98 Å². The predicted molar refractivity (Wildman–Crippen MR) is 108 cm³/mol. The molecule has 25 heavy (non-hydrogen) atoms. The lowest BCUT2D eigenvalue weighted by Gasteiger charge is -2.13. The van der Waals surface area contributed by atoms with Gasteiger partial charge in [-0.1, -0.05) is 45.2 Å². The molecule has 0 aliphatic heterocycles. The Morgan fingerprint density at radius 3 is 2.32 bits per heavy atom. The van der Waals surface area contributed by atoms with Crippen molar-refractivity contribution in [3.8, 4) is 0 Å². The van der Waals surface area contributed by atoms with Crippen LogP contribution in [0.1, 0.15) is 16.8 Å². The maximum Gasteiger partial charge on any atom is 0.229 e. The van der Waals surface area contributed by atoms with Gasteiger partial charge in [0.2, 0.25) is 5.95 Å². The fourth-order valence-corrected chi connectivity index (χ4v) is 3.14. The van der Waals surface area contributed by atoms with E-state index in [2.05, 4.69) is 31.2 Å². The van der Waals surface area contributed by atoms with Crippen LogP contribution in [0, 0.1) is 6.92 Å². The quantitative estimate of drug-likeness (QED) is 0.543. The molecule has 0 spiro atoms. The van der Waals surface area contributed by atoms with Gasteiger partial charge in [-0.2, -0.15) is 4.98 Å². The molecule has 7 heteroatoms. The van der Waals surface area contributed by atoms with E-state index in [9.17, 15) is 0 Å². The van der Waals surface area contributed by atoms with Gasteiger partial charge in [-0.05, 0) is 48.9 Å². The summed E-state index contributed by atoms with van der Waals surface area (Å²) in [5.41, 5.74) is 9.35. The summed E-state index contributed by atoms with van der Waals surface area (Å²) in [6.45, 7) is 1.89. The van der Waals surface area contributed by atoms with Crippen LogP contribution in [-0.2, 0) is 6.42 Å². The average Bonchev–Trinajstić information content (AvgIpc) is 2.57. The van der Waals surface area contributed by atoms with E-state index < -0.39 is 0 Å². The van der Waals surface area contributed by atoms with Crippen molar-refractivity contribution in [1.29, 1.82) is 0 Å². The molecule has 0 fully saturated rings. The number of benzene rings is 2. The highest BCUT2D eigenvalue weighted by molar-refractivity contribution is 9.10. The molecule has 3 aromatic rings. The summed E-state index contributed by atoms with van der Waals surface area (Å²) in [5, 5.41) is 4.37. The number of hydrogen-bond acceptors (Lipinski definition) is 4. The van der Waals surface area contributed by atoms with Gasteiger partial charge in [0.05, 0.1) is 5.69 Å². The van der Waals surface area contributed by atoms with E-state index >= 15 is 0 Å². The molecule has 0 radical (unpaired) electrons. The molecular formula is C18H15BrCl2N4. The summed E-state index contributed by atoms with van der Waals surface area (Å²) >= 11 is 16.0. The van der Waals surface area contributed by atoms with Crippen molar-refractivity contribution in [3.05, 3.63) is 73.8 Å². The molecule has 0 saturated carbocycles. The first-order chi connectivity index (χ1) is 11.9. The third-order valence-electron chi connectivity index (χ3n) is 3.79. The summed E-state index contributed by atoms with van der Waals surface area (Å²) < 4.78 is 0.997. The van der Waals surface area contributed by atoms with Crippen LogP contribution in [0.15, 0.2) is 46.9 Å². The van der Waals surface area contributed by atoms with Crippen LogP contribution in [0.4, 0.5) is 17.5 Å². The van der Waals surface area contributed by atoms with Gasteiger partial charge in [0.1, 0.15) is 5.82 Å². The molecule has 0 amide bonds. The lowest BCUT2D eigenvalue weighted by Crippen LogP contribution is -2.08. The second-order valence-corrected chi connectivity index (χ2v) is 7.24. The summed E-state index contributed by atoms with van der Waals surface area (Å²) in [7, 11) is 0. The van der Waals surface area contributed by atoms with Gasteiger partial charge in [-0.15, -0.1) is 0 Å². The Labute approximate surface area is 164 Å². The van der Waals surface area contributed by atoms with Crippen molar-refractivity contribution < 1.29 is 0 Å². The number of nitrogens with two attached hydrogens (primary N) is 1. The van der Waals surface area contributed by atoms with Crippen LogP contribution >= 0.6 is 39.1 Å². The van der Waals surface area contributed by atoms with Gasteiger partial charge in [-0.3, -0.25) is 0 Å². The Balaban J connectivity index is 1.94. The number of anilines is 3. The van der Waals surface area contributed by atoms with Crippen molar-refractivity contribution in [3.63, 3.8) is 0 Å². The zero-order chi connectivity index (χ0) is 18.0. The predicted octanol–water partition coefficient (Wildman–Crippen LogP) is 5.77. The van der Waals surface area contributed by atoms with E-state index in [-0.39, 0.29) is 0 Å². The van der Waals surface area contributed by atoms with Crippen LogP contribution in [0.25, 0.3) is 0 Å². The monoisotopic (exact) mass is 436 g/mol. The number of nitrogens with one attached hydrogen (secondary N) is 1. The Morgan fingerprint density at radius 1 is 1.04 bits per heavy atom. The minimum atomic E-state index is 0.424. The number of aromatic nitrogens is 2. The van der Waals surface area contributed by atoms with E-state index in [0.29, 0.717) is 28.2 Å². The normalized spacial score (nSPS) is 10.7. The fourth-order valence-electron chi connectivity index (χ4n) is 2.34. The number of nitrogen functional groups attached to an aromatic ring is 1. The van der Waals surface area contributed by atoms with Crippen LogP contribution in [0.5, 0.6) is 0 Å².